The van der Waals surface area contributed by atoms with E-state index < -0.39 is 0 Å². The Bertz CT molecular complexity index is 922. The van der Waals surface area contributed by atoms with Crippen LogP contribution in [0.3, 0.4) is 0 Å². The first-order valence-corrected chi connectivity index (χ1v) is 14.0. The van der Waals surface area contributed by atoms with Crippen molar-refractivity contribution in [2.24, 2.45) is 0 Å². The number of rotatable bonds is 10. The lowest BCUT2D eigenvalue weighted by Gasteiger charge is -2.47. The molecule has 2 saturated heterocycles. The van der Waals surface area contributed by atoms with Crippen LogP contribution in [0, 0.1) is 0 Å². The molecular weight excluding hydrogens is 478 g/mol. The van der Waals surface area contributed by atoms with Crippen LogP contribution < -0.4 is 4.90 Å². The Morgan fingerprint density at radius 3 is 2.29 bits per heavy atom. The molecule has 0 atom stereocenters. The van der Waals surface area contributed by atoms with E-state index in [4.69, 9.17) is 14.2 Å². The van der Waals surface area contributed by atoms with Crippen molar-refractivity contribution in [3.05, 3.63) is 59.8 Å². The monoisotopic (exact) mass is 525 g/mol. The van der Waals surface area contributed by atoms with E-state index in [1.54, 1.807) is 7.11 Å². The summed E-state index contributed by atoms with van der Waals surface area (Å²) in [5, 5.41) is 0. The molecule has 0 aliphatic carbocycles. The van der Waals surface area contributed by atoms with E-state index >= 15 is 0 Å². The molecule has 1 aromatic carbocycles. The van der Waals surface area contributed by atoms with Gasteiger partial charge in [0.05, 0.1) is 31.0 Å². The molecular formula is C31H47N3O4. The highest BCUT2D eigenvalue weighted by Crippen LogP contribution is 2.31. The maximum Gasteiger partial charge on any atom is 0.128 e. The van der Waals surface area contributed by atoms with Crippen molar-refractivity contribution in [2.75, 3.05) is 64.6 Å². The van der Waals surface area contributed by atoms with Gasteiger partial charge < -0.3 is 28.8 Å². The van der Waals surface area contributed by atoms with Gasteiger partial charge in [0.1, 0.15) is 12.1 Å². The number of carbonyl (C=O) groups excluding carboxylic acids is 1. The van der Waals surface area contributed by atoms with E-state index in [9.17, 15) is 4.79 Å². The molecule has 3 heterocycles. The van der Waals surface area contributed by atoms with E-state index in [0.717, 1.165) is 77.1 Å². The largest absolute Gasteiger partial charge is 0.381 e. The number of likely N-dealkylation sites (tertiary alicyclic amines) is 1. The Morgan fingerprint density at radius 2 is 1.68 bits per heavy atom. The van der Waals surface area contributed by atoms with Crippen LogP contribution in [0.2, 0.25) is 0 Å². The topological polar surface area (TPSA) is 64.1 Å². The molecule has 0 amide bonds. The number of benzene rings is 1. The van der Waals surface area contributed by atoms with Crippen LogP contribution in [0.5, 0.6) is 0 Å². The zero-order chi connectivity index (χ0) is 27.3. The minimum absolute atomic E-state index is 0.0261. The second kappa shape index (κ2) is 15.3. The molecule has 38 heavy (non-hydrogen) atoms. The summed E-state index contributed by atoms with van der Waals surface area (Å²) in [4.78, 5) is 19.8. The second-order valence-electron chi connectivity index (χ2n) is 11.2. The fourth-order valence-corrected chi connectivity index (χ4v) is 4.65. The average Bonchev–Trinajstić information content (AvgIpc) is 2.94. The number of hydrogen-bond donors (Lipinski definition) is 0. The molecule has 210 valence electrons. The Labute approximate surface area is 229 Å². The van der Waals surface area contributed by atoms with Crippen LogP contribution in [-0.2, 0) is 31.8 Å². The first kappa shape index (κ1) is 30.2. The minimum atomic E-state index is -0.0261. The molecule has 2 aliphatic rings. The highest BCUT2D eigenvalue weighted by molar-refractivity contribution is 5.49. The van der Waals surface area contributed by atoms with Gasteiger partial charge in [0.25, 0.3) is 0 Å². The van der Waals surface area contributed by atoms with E-state index in [1.165, 1.54) is 11.1 Å². The summed E-state index contributed by atoms with van der Waals surface area (Å²) in [6, 6.07) is 15.0. The quantitative estimate of drug-likeness (QED) is 0.332. The van der Waals surface area contributed by atoms with Gasteiger partial charge in [-0.05, 0) is 69.7 Å². The van der Waals surface area contributed by atoms with Crippen molar-refractivity contribution >= 4 is 12.1 Å². The normalized spacial score (nSPS) is 17.6. The van der Waals surface area contributed by atoms with Gasteiger partial charge in [-0.1, -0.05) is 30.3 Å². The Hall–Kier alpha value is -2.32. The predicted octanol–water partition coefficient (Wildman–Crippen LogP) is 4.57. The van der Waals surface area contributed by atoms with Gasteiger partial charge in [0.15, 0.2) is 0 Å². The molecule has 2 fully saturated rings. The number of anilines is 1. The van der Waals surface area contributed by atoms with Crippen LogP contribution in [0.1, 0.15) is 51.2 Å². The lowest BCUT2D eigenvalue weighted by atomic mass is 9.89. The summed E-state index contributed by atoms with van der Waals surface area (Å²) in [6.45, 7) is 13.2. The third-order valence-electron chi connectivity index (χ3n) is 7.26. The molecule has 7 heteroatoms. The molecule has 0 unspecified atom stereocenters. The van der Waals surface area contributed by atoms with Gasteiger partial charge in [0.2, 0.25) is 0 Å². The Morgan fingerprint density at radius 1 is 1.00 bits per heavy atom. The number of ether oxygens (including phenoxy) is 3. The highest BCUT2D eigenvalue weighted by atomic mass is 16.5. The van der Waals surface area contributed by atoms with Crippen LogP contribution in [0.15, 0.2) is 48.7 Å². The van der Waals surface area contributed by atoms with Gasteiger partial charge >= 0.3 is 0 Å². The third-order valence-corrected chi connectivity index (χ3v) is 7.26. The number of hydrogen-bond acceptors (Lipinski definition) is 7. The maximum atomic E-state index is 10.3. The van der Waals surface area contributed by atoms with Gasteiger partial charge in [-0.3, -0.25) is 0 Å². The van der Waals surface area contributed by atoms with Crippen LogP contribution in [0.25, 0.3) is 0 Å². The third kappa shape index (κ3) is 10.4. The van der Waals surface area contributed by atoms with Crippen molar-refractivity contribution in [3.63, 3.8) is 0 Å². The van der Waals surface area contributed by atoms with Crippen LogP contribution in [-0.4, -0.2) is 87.0 Å². The minimum Gasteiger partial charge on any atom is -0.381 e. The molecule has 0 saturated carbocycles. The number of aldehydes is 1. The Balaban J connectivity index is 0.000000599. The summed E-state index contributed by atoms with van der Waals surface area (Å²) < 4.78 is 16.7. The lowest BCUT2D eigenvalue weighted by molar-refractivity contribution is -0.108. The van der Waals surface area contributed by atoms with E-state index in [-0.39, 0.29) is 11.2 Å². The van der Waals surface area contributed by atoms with Crippen molar-refractivity contribution in [2.45, 2.75) is 64.1 Å². The van der Waals surface area contributed by atoms with E-state index in [1.807, 2.05) is 33.0 Å². The van der Waals surface area contributed by atoms with Gasteiger partial charge in [0, 0.05) is 52.5 Å². The zero-order valence-electron chi connectivity index (χ0n) is 23.9. The van der Waals surface area contributed by atoms with Crippen LogP contribution in [0.4, 0.5) is 5.82 Å². The fraction of sp³-hybridized carbons (Fsp3) is 0.613. The molecule has 2 aromatic rings. The number of aromatic nitrogens is 1. The molecule has 2 aliphatic heterocycles. The molecule has 1 spiro atoms. The van der Waals surface area contributed by atoms with Gasteiger partial charge in [-0.15, -0.1) is 0 Å². The van der Waals surface area contributed by atoms with Crippen LogP contribution >= 0.6 is 0 Å². The van der Waals surface area contributed by atoms with Gasteiger partial charge in [-0.25, -0.2) is 4.98 Å². The maximum absolute atomic E-state index is 10.3. The standard InChI is InChI=1S/C26H35N3O3.C5H12O/c30-18-3-19-31-20-10-24-7-5-23(6-8-24)9-14-28-15-11-26(12-16-28)22-29(17-21-32-26)25-4-1-2-13-27-25;1-5(2,3)6-4/h1-2,4-8,13,18H,3,9-12,14-17,19-22H2;1-4H3. The van der Waals surface area contributed by atoms with Crippen molar-refractivity contribution in [1.29, 1.82) is 0 Å². The summed E-state index contributed by atoms with van der Waals surface area (Å²) in [7, 11) is 1.71. The zero-order valence-corrected chi connectivity index (χ0v) is 23.9. The SMILES string of the molecule is COC(C)(C)C.O=CCCOCCc1ccc(CCN2CCC3(CC2)CN(c2ccccn2)CCO3)cc1. The summed E-state index contributed by atoms with van der Waals surface area (Å²) in [6.07, 6.45) is 7.38. The number of methoxy groups -OCH3 is 1. The van der Waals surface area contributed by atoms with Crippen molar-refractivity contribution < 1.29 is 19.0 Å². The molecule has 0 N–H and O–H groups in total. The summed E-state index contributed by atoms with van der Waals surface area (Å²) in [5.74, 6) is 1.06. The van der Waals surface area contributed by atoms with Crippen molar-refractivity contribution in [3.8, 4) is 0 Å². The summed E-state index contributed by atoms with van der Waals surface area (Å²) >= 11 is 0. The first-order chi connectivity index (χ1) is 18.3. The molecule has 0 bridgehead atoms. The first-order valence-electron chi connectivity index (χ1n) is 14.0. The van der Waals surface area contributed by atoms with E-state index in [0.29, 0.717) is 19.6 Å². The second-order valence-corrected chi connectivity index (χ2v) is 11.2. The smallest absolute Gasteiger partial charge is 0.128 e. The van der Waals surface area contributed by atoms with E-state index in [2.05, 4.69) is 51.2 Å². The molecule has 0 radical (unpaired) electrons. The number of nitrogens with zero attached hydrogens (tertiary/aromatic N) is 3. The predicted molar refractivity (Wildman–Crippen MR) is 153 cm³/mol. The number of morpholine rings is 1. The fourth-order valence-electron chi connectivity index (χ4n) is 4.65. The average molecular weight is 526 g/mol. The van der Waals surface area contributed by atoms with Gasteiger partial charge in [-0.2, -0.15) is 0 Å². The summed E-state index contributed by atoms with van der Waals surface area (Å²) in [5.41, 5.74) is 2.68. The number of pyridine rings is 1. The molecule has 1 aromatic heterocycles. The lowest BCUT2D eigenvalue weighted by Crippen LogP contribution is -2.57. The van der Waals surface area contributed by atoms with Crippen molar-refractivity contribution in [1.82, 2.24) is 9.88 Å². The highest BCUT2D eigenvalue weighted by Gasteiger charge is 2.39. The number of piperidine rings is 1. The molecule has 7 nitrogen and oxygen atoms in total. The Kier molecular flexibility index (Phi) is 12.2. The molecule has 4 rings (SSSR count). The number of carbonyl (C=O) groups is 1.